The van der Waals surface area contributed by atoms with E-state index in [0.717, 1.165) is 16.8 Å². The van der Waals surface area contributed by atoms with Crippen molar-refractivity contribution in [1.82, 2.24) is 15.4 Å². The van der Waals surface area contributed by atoms with Crippen molar-refractivity contribution in [2.24, 2.45) is 0 Å². The Kier molecular flexibility index (Phi) is 2.06. The second-order valence-electron chi connectivity index (χ2n) is 2.51. The minimum Gasteiger partial charge on any atom is -0.409 e. The maximum atomic E-state index is 5.10. The molecule has 13 heavy (non-hydrogen) atoms. The van der Waals surface area contributed by atoms with Gasteiger partial charge in [0.2, 0.25) is 0 Å². The van der Waals surface area contributed by atoms with Gasteiger partial charge in [-0.3, -0.25) is 9.97 Å². The summed E-state index contributed by atoms with van der Waals surface area (Å²) in [5.41, 5.74) is 4.30. The van der Waals surface area contributed by atoms with Gasteiger partial charge in [-0.2, -0.15) is 5.48 Å². The van der Waals surface area contributed by atoms with Crippen molar-refractivity contribution in [1.29, 1.82) is 0 Å². The Morgan fingerprint density at radius 3 is 2.69 bits per heavy atom. The highest BCUT2D eigenvalue weighted by Crippen LogP contribution is 2.15. The second-order valence-corrected chi connectivity index (χ2v) is 2.51. The number of hydrogen-bond donors (Lipinski definition) is 1. The quantitative estimate of drug-likeness (QED) is 0.695. The van der Waals surface area contributed by atoms with Crippen LogP contribution in [-0.2, 0) is 0 Å². The van der Waals surface area contributed by atoms with E-state index in [4.69, 9.17) is 4.84 Å². The molecule has 4 nitrogen and oxygen atoms in total. The zero-order valence-electron chi connectivity index (χ0n) is 7.19. The molecular formula is C9H9N3O. The van der Waals surface area contributed by atoms with Crippen LogP contribution >= 0.6 is 0 Å². The van der Waals surface area contributed by atoms with Gasteiger partial charge in [0, 0.05) is 25.5 Å². The predicted molar refractivity (Wildman–Crippen MR) is 49.2 cm³/mol. The van der Waals surface area contributed by atoms with E-state index in [1.807, 2.05) is 18.2 Å². The van der Waals surface area contributed by atoms with E-state index in [2.05, 4.69) is 15.4 Å². The standard InChI is InChI=1S/C9H9N3O/c1-10-13-7-2-3-8-9(6-7)12-5-4-11-8/h2-6,10H,1H3. The fourth-order valence-corrected chi connectivity index (χ4v) is 1.12. The first kappa shape index (κ1) is 7.94. The maximum absolute atomic E-state index is 5.10. The molecule has 0 saturated carbocycles. The molecule has 0 atom stereocenters. The number of hydrogen-bond acceptors (Lipinski definition) is 4. The van der Waals surface area contributed by atoms with Gasteiger partial charge < -0.3 is 4.84 Å². The topological polar surface area (TPSA) is 47.0 Å². The molecular weight excluding hydrogens is 166 g/mol. The number of rotatable bonds is 2. The van der Waals surface area contributed by atoms with Crippen LogP contribution in [0.2, 0.25) is 0 Å². The lowest BCUT2D eigenvalue weighted by atomic mass is 10.3. The molecule has 0 aliphatic heterocycles. The Morgan fingerprint density at radius 1 is 1.15 bits per heavy atom. The summed E-state index contributed by atoms with van der Waals surface area (Å²) in [5, 5.41) is 0. The highest BCUT2D eigenvalue weighted by molar-refractivity contribution is 5.75. The van der Waals surface area contributed by atoms with Gasteiger partial charge in [0.05, 0.1) is 11.0 Å². The van der Waals surface area contributed by atoms with Crippen LogP contribution in [0.4, 0.5) is 0 Å². The summed E-state index contributed by atoms with van der Waals surface area (Å²) in [6.07, 6.45) is 3.33. The number of aromatic nitrogens is 2. The van der Waals surface area contributed by atoms with E-state index in [0.29, 0.717) is 0 Å². The highest BCUT2D eigenvalue weighted by atomic mass is 16.6. The minimum absolute atomic E-state index is 0.732. The minimum atomic E-state index is 0.732. The molecule has 0 fully saturated rings. The molecule has 66 valence electrons. The Bertz CT molecular complexity index is 416. The van der Waals surface area contributed by atoms with Gasteiger partial charge in [0.15, 0.2) is 0 Å². The lowest BCUT2D eigenvalue weighted by Crippen LogP contribution is -2.10. The highest BCUT2D eigenvalue weighted by Gasteiger charge is 1.97. The third-order valence-electron chi connectivity index (χ3n) is 1.66. The largest absolute Gasteiger partial charge is 0.409 e. The number of benzene rings is 1. The molecule has 4 heteroatoms. The summed E-state index contributed by atoms with van der Waals surface area (Å²) in [6, 6.07) is 5.54. The van der Waals surface area contributed by atoms with Crippen LogP contribution in [-0.4, -0.2) is 17.0 Å². The molecule has 0 bridgehead atoms. The third-order valence-corrected chi connectivity index (χ3v) is 1.66. The molecule has 0 amide bonds. The first-order valence-electron chi connectivity index (χ1n) is 3.94. The molecule has 0 unspecified atom stereocenters. The predicted octanol–water partition coefficient (Wildman–Crippen LogP) is 1.14. The van der Waals surface area contributed by atoms with Crippen LogP contribution in [0.5, 0.6) is 5.75 Å². The summed E-state index contributed by atoms with van der Waals surface area (Å²) in [6.45, 7) is 0. The lowest BCUT2D eigenvalue weighted by molar-refractivity contribution is 0.224. The van der Waals surface area contributed by atoms with E-state index >= 15 is 0 Å². The molecule has 0 radical (unpaired) electrons. The van der Waals surface area contributed by atoms with E-state index < -0.39 is 0 Å². The van der Waals surface area contributed by atoms with Crippen molar-refractivity contribution in [2.75, 3.05) is 7.05 Å². The second kappa shape index (κ2) is 3.37. The summed E-state index contributed by atoms with van der Waals surface area (Å²) in [7, 11) is 1.71. The average Bonchev–Trinajstić information content (AvgIpc) is 2.18. The summed E-state index contributed by atoms with van der Waals surface area (Å²) in [4.78, 5) is 13.4. The van der Waals surface area contributed by atoms with Gasteiger partial charge in [-0.25, -0.2) is 0 Å². The monoisotopic (exact) mass is 175 g/mol. The Morgan fingerprint density at radius 2 is 1.92 bits per heavy atom. The Labute approximate surface area is 75.5 Å². The number of hydroxylamine groups is 1. The summed E-state index contributed by atoms with van der Waals surface area (Å²) in [5.74, 6) is 0.732. The summed E-state index contributed by atoms with van der Waals surface area (Å²) < 4.78 is 0. The number of nitrogens with one attached hydrogen (secondary N) is 1. The van der Waals surface area contributed by atoms with Crippen LogP contribution < -0.4 is 10.3 Å². The average molecular weight is 175 g/mol. The fraction of sp³-hybridized carbons (Fsp3) is 0.111. The molecule has 1 N–H and O–H groups in total. The van der Waals surface area contributed by atoms with Crippen LogP contribution in [0.25, 0.3) is 11.0 Å². The molecule has 1 aromatic heterocycles. The third kappa shape index (κ3) is 1.57. The van der Waals surface area contributed by atoms with Crippen LogP contribution in [0.15, 0.2) is 30.6 Å². The Hall–Kier alpha value is -1.68. The SMILES string of the molecule is CNOc1ccc2nccnc2c1. The van der Waals surface area contributed by atoms with Gasteiger partial charge in [0.25, 0.3) is 0 Å². The molecule has 2 aromatic rings. The lowest BCUT2D eigenvalue weighted by Gasteiger charge is -2.02. The zero-order chi connectivity index (χ0) is 9.10. The number of nitrogens with zero attached hydrogens (tertiary/aromatic N) is 2. The van der Waals surface area contributed by atoms with Crippen LogP contribution in [0, 0.1) is 0 Å². The van der Waals surface area contributed by atoms with Crippen molar-refractivity contribution in [3.8, 4) is 5.75 Å². The van der Waals surface area contributed by atoms with E-state index in [1.54, 1.807) is 19.4 Å². The zero-order valence-corrected chi connectivity index (χ0v) is 7.19. The van der Waals surface area contributed by atoms with Gasteiger partial charge in [0.1, 0.15) is 5.75 Å². The van der Waals surface area contributed by atoms with Gasteiger partial charge >= 0.3 is 0 Å². The Balaban J connectivity index is 2.49. The molecule has 0 saturated heterocycles. The van der Waals surface area contributed by atoms with Gasteiger partial charge in [-0.1, -0.05) is 0 Å². The summed E-state index contributed by atoms with van der Waals surface area (Å²) >= 11 is 0. The van der Waals surface area contributed by atoms with Crippen LogP contribution in [0.1, 0.15) is 0 Å². The van der Waals surface area contributed by atoms with Crippen molar-refractivity contribution < 1.29 is 4.84 Å². The molecule has 1 aromatic carbocycles. The molecule has 0 aliphatic carbocycles. The van der Waals surface area contributed by atoms with Gasteiger partial charge in [-0.05, 0) is 12.1 Å². The van der Waals surface area contributed by atoms with Crippen LogP contribution in [0.3, 0.4) is 0 Å². The van der Waals surface area contributed by atoms with E-state index in [1.165, 1.54) is 0 Å². The first-order valence-corrected chi connectivity index (χ1v) is 3.94. The van der Waals surface area contributed by atoms with Crippen molar-refractivity contribution in [2.45, 2.75) is 0 Å². The molecule has 1 heterocycles. The fourth-order valence-electron chi connectivity index (χ4n) is 1.12. The molecule has 0 spiro atoms. The van der Waals surface area contributed by atoms with Crippen molar-refractivity contribution in [3.05, 3.63) is 30.6 Å². The van der Waals surface area contributed by atoms with E-state index in [9.17, 15) is 0 Å². The molecule has 0 aliphatic rings. The number of fused-ring (bicyclic) bond motifs is 1. The van der Waals surface area contributed by atoms with Crippen molar-refractivity contribution >= 4 is 11.0 Å². The smallest absolute Gasteiger partial charge is 0.149 e. The normalized spacial score (nSPS) is 10.2. The maximum Gasteiger partial charge on any atom is 0.149 e. The first-order chi connectivity index (χ1) is 6.40. The van der Waals surface area contributed by atoms with Crippen molar-refractivity contribution in [3.63, 3.8) is 0 Å². The van der Waals surface area contributed by atoms with E-state index in [-0.39, 0.29) is 0 Å². The molecule has 2 rings (SSSR count). The van der Waals surface area contributed by atoms with Gasteiger partial charge in [-0.15, -0.1) is 0 Å².